The van der Waals surface area contributed by atoms with Crippen molar-refractivity contribution in [1.29, 1.82) is 0 Å². The van der Waals surface area contributed by atoms with Crippen molar-refractivity contribution in [2.24, 2.45) is 0 Å². The molecule has 2 aromatic rings. The van der Waals surface area contributed by atoms with Crippen LogP contribution in [-0.4, -0.2) is 14.6 Å². The van der Waals surface area contributed by atoms with E-state index in [9.17, 15) is 0 Å². The van der Waals surface area contributed by atoms with E-state index in [0.717, 1.165) is 16.9 Å². The first-order valence-electron chi connectivity index (χ1n) is 4.76. The third kappa shape index (κ3) is 1.20. The van der Waals surface area contributed by atoms with Gasteiger partial charge >= 0.3 is 0 Å². The Balaban J connectivity index is 2.22. The summed E-state index contributed by atoms with van der Waals surface area (Å²) in [5.41, 5.74) is 2.96. The molecule has 1 fully saturated rings. The molecular formula is C10H10ClN3. The molecular weight excluding hydrogens is 198 g/mol. The second-order valence-electron chi connectivity index (χ2n) is 3.86. The van der Waals surface area contributed by atoms with Crippen molar-refractivity contribution in [2.45, 2.75) is 25.7 Å². The van der Waals surface area contributed by atoms with Crippen LogP contribution in [0.4, 0.5) is 0 Å². The predicted octanol–water partition coefficient (Wildman–Crippen LogP) is 2.57. The van der Waals surface area contributed by atoms with Gasteiger partial charge in [-0.1, -0.05) is 11.6 Å². The fraction of sp³-hybridized carbons (Fsp3) is 0.400. The smallest absolute Gasteiger partial charge is 0.156 e. The van der Waals surface area contributed by atoms with Crippen molar-refractivity contribution in [3.05, 3.63) is 28.7 Å². The fourth-order valence-corrected chi connectivity index (χ4v) is 1.72. The average Bonchev–Trinajstić information content (AvgIpc) is 2.90. The van der Waals surface area contributed by atoms with Crippen LogP contribution in [-0.2, 0) is 0 Å². The van der Waals surface area contributed by atoms with E-state index < -0.39 is 0 Å². The van der Waals surface area contributed by atoms with Gasteiger partial charge in [-0.15, -0.1) is 0 Å². The molecule has 0 atom stereocenters. The molecule has 0 aliphatic heterocycles. The van der Waals surface area contributed by atoms with E-state index in [1.54, 1.807) is 0 Å². The van der Waals surface area contributed by atoms with E-state index in [4.69, 9.17) is 11.6 Å². The summed E-state index contributed by atoms with van der Waals surface area (Å²) in [7, 11) is 0. The fourth-order valence-electron chi connectivity index (χ4n) is 1.59. The topological polar surface area (TPSA) is 30.2 Å². The quantitative estimate of drug-likeness (QED) is 0.673. The molecule has 1 aliphatic carbocycles. The molecule has 1 aliphatic rings. The van der Waals surface area contributed by atoms with E-state index in [2.05, 4.69) is 10.1 Å². The number of rotatable bonds is 1. The summed E-state index contributed by atoms with van der Waals surface area (Å²) in [6, 6.07) is 2.03. The lowest BCUT2D eigenvalue weighted by Crippen LogP contribution is -1.92. The average molecular weight is 208 g/mol. The highest BCUT2D eigenvalue weighted by Gasteiger charge is 2.26. The maximum absolute atomic E-state index is 5.94. The maximum Gasteiger partial charge on any atom is 0.156 e. The van der Waals surface area contributed by atoms with Gasteiger partial charge < -0.3 is 0 Å². The minimum Gasteiger partial charge on any atom is -0.222 e. The van der Waals surface area contributed by atoms with E-state index in [1.165, 1.54) is 12.8 Å². The van der Waals surface area contributed by atoms with Gasteiger partial charge in [0.1, 0.15) is 5.15 Å². The molecule has 0 radical (unpaired) electrons. The van der Waals surface area contributed by atoms with Crippen molar-refractivity contribution < 1.29 is 0 Å². The first kappa shape index (κ1) is 8.24. The maximum atomic E-state index is 5.94. The van der Waals surface area contributed by atoms with Crippen molar-refractivity contribution in [3.8, 4) is 0 Å². The second-order valence-corrected chi connectivity index (χ2v) is 4.22. The number of halogens is 1. The molecule has 0 bridgehead atoms. The van der Waals surface area contributed by atoms with Gasteiger partial charge in [-0.3, -0.25) is 0 Å². The standard InChI is InChI=1S/C10H10ClN3/c1-6-5-14-9(12-10(6)11)4-8(13-14)7-2-3-7/h4-5,7H,2-3H2,1H3. The Labute approximate surface area is 86.7 Å². The number of nitrogens with zero attached hydrogens (tertiary/aromatic N) is 3. The Morgan fingerprint density at radius 2 is 2.29 bits per heavy atom. The number of hydrogen-bond donors (Lipinski definition) is 0. The molecule has 0 spiro atoms. The first-order chi connectivity index (χ1) is 6.74. The Hall–Kier alpha value is -1.09. The highest BCUT2D eigenvalue weighted by molar-refractivity contribution is 6.30. The highest BCUT2D eigenvalue weighted by atomic mass is 35.5. The number of fused-ring (bicyclic) bond motifs is 1. The van der Waals surface area contributed by atoms with E-state index in [-0.39, 0.29) is 0 Å². The normalized spacial score (nSPS) is 16.4. The molecule has 4 heteroatoms. The molecule has 2 aromatic heterocycles. The molecule has 0 aromatic carbocycles. The van der Waals surface area contributed by atoms with Crippen molar-refractivity contribution >= 4 is 17.2 Å². The largest absolute Gasteiger partial charge is 0.222 e. The van der Waals surface area contributed by atoms with Crippen LogP contribution in [0.25, 0.3) is 5.65 Å². The Bertz CT molecular complexity index is 460. The van der Waals surface area contributed by atoms with Crippen molar-refractivity contribution in [1.82, 2.24) is 14.6 Å². The van der Waals surface area contributed by atoms with Gasteiger partial charge in [0.15, 0.2) is 5.65 Å². The molecule has 3 nitrogen and oxygen atoms in total. The van der Waals surface area contributed by atoms with Gasteiger partial charge in [0.25, 0.3) is 0 Å². The molecule has 0 unspecified atom stereocenters. The molecule has 1 saturated carbocycles. The van der Waals surface area contributed by atoms with E-state index in [0.29, 0.717) is 11.1 Å². The zero-order chi connectivity index (χ0) is 9.71. The highest BCUT2D eigenvalue weighted by Crippen LogP contribution is 2.39. The van der Waals surface area contributed by atoms with Crippen LogP contribution in [0.3, 0.4) is 0 Å². The zero-order valence-electron chi connectivity index (χ0n) is 7.87. The lowest BCUT2D eigenvalue weighted by atomic mass is 10.3. The summed E-state index contributed by atoms with van der Waals surface area (Å²) in [6.45, 7) is 1.94. The second kappa shape index (κ2) is 2.70. The molecule has 3 rings (SSSR count). The summed E-state index contributed by atoms with van der Waals surface area (Å²) < 4.78 is 1.81. The summed E-state index contributed by atoms with van der Waals surface area (Å²) >= 11 is 5.94. The zero-order valence-corrected chi connectivity index (χ0v) is 8.62. The number of hydrogen-bond acceptors (Lipinski definition) is 2. The van der Waals surface area contributed by atoms with Crippen molar-refractivity contribution in [2.75, 3.05) is 0 Å². The monoisotopic (exact) mass is 207 g/mol. The third-order valence-electron chi connectivity index (χ3n) is 2.58. The van der Waals surface area contributed by atoms with E-state index >= 15 is 0 Å². The van der Waals surface area contributed by atoms with Gasteiger partial charge in [0, 0.05) is 23.7 Å². The minimum absolute atomic E-state index is 0.569. The first-order valence-corrected chi connectivity index (χ1v) is 5.14. The number of aryl methyl sites for hydroxylation is 1. The van der Waals surface area contributed by atoms with Gasteiger partial charge in [-0.25, -0.2) is 9.50 Å². The summed E-state index contributed by atoms with van der Waals surface area (Å²) in [4.78, 5) is 4.27. The molecule has 0 amide bonds. The van der Waals surface area contributed by atoms with Gasteiger partial charge in [-0.05, 0) is 19.8 Å². The lowest BCUT2D eigenvalue weighted by Gasteiger charge is -1.96. The van der Waals surface area contributed by atoms with Gasteiger partial charge in [0.2, 0.25) is 0 Å². The number of aromatic nitrogens is 3. The summed E-state index contributed by atoms with van der Waals surface area (Å²) in [6.07, 6.45) is 4.45. The van der Waals surface area contributed by atoms with Gasteiger partial charge in [-0.2, -0.15) is 5.10 Å². The van der Waals surface area contributed by atoms with Crippen LogP contribution >= 0.6 is 11.6 Å². The molecule has 0 saturated heterocycles. The third-order valence-corrected chi connectivity index (χ3v) is 2.97. The van der Waals surface area contributed by atoms with Crippen LogP contribution < -0.4 is 0 Å². The molecule has 72 valence electrons. The Morgan fingerprint density at radius 1 is 1.50 bits per heavy atom. The minimum atomic E-state index is 0.569. The Kier molecular flexibility index (Phi) is 1.59. The SMILES string of the molecule is Cc1cn2nc(C3CC3)cc2nc1Cl. The van der Waals surface area contributed by atoms with Crippen LogP contribution in [0.15, 0.2) is 12.3 Å². The molecule has 0 N–H and O–H groups in total. The van der Waals surface area contributed by atoms with Crippen LogP contribution in [0.1, 0.15) is 30.0 Å². The summed E-state index contributed by atoms with van der Waals surface area (Å²) in [5.74, 6) is 0.663. The van der Waals surface area contributed by atoms with Crippen LogP contribution in [0.2, 0.25) is 5.15 Å². The Morgan fingerprint density at radius 3 is 3.00 bits per heavy atom. The molecule has 14 heavy (non-hydrogen) atoms. The molecule has 2 heterocycles. The summed E-state index contributed by atoms with van der Waals surface area (Å²) in [5, 5.41) is 5.04. The van der Waals surface area contributed by atoms with Crippen LogP contribution in [0, 0.1) is 6.92 Å². The predicted molar refractivity (Wildman–Crippen MR) is 54.7 cm³/mol. The van der Waals surface area contributed by atoms with Crippen LogP contribution in [0.5, 0.6) is 0 Å². The van der Waals surface area contributed by atoms with Gasteiger partial charge in [0.05, 0.1) is 5.69 Å². The lowest BCUT2D eigenvalue weighted by molar-refractivity contribution is 0.875. The van der Waals surface area contributed by atoms with Crippen molar-refractivity contribution in [3.63, 3.8) is 0 Å². The van der Waals surface area contributed by atoms with E-state index in [1.807, 2.05) is 23.7 Å².